The van der Waals surface area contributed by atoms with Crippen molar-refractivity contribution in [1.82, 2.24) is 19.2 Å². The molecule has 1 fully saturated rings. The maximum atomic E-state index is 12.2. The van der Waals surface area contributed by atoms with Gasteiger partial charge in [-0.25, -0.2) is 18.1 Å². The van der Waals surface area contributed by atoms with Crippen LogP contribution in [-0.4, -0.2) is 54.7 Å². The third-order valence-electron chi connectivity index (χ3n) is 3.91. The summed E-state index contributed by atoms with van der Waals surface area (Å²) in [6, 6.07) is 0.262. The van der Waals surface area contributed by atoms with E-state index in [1.165, 1.54) is 0 Å². The highest BCUT2D eigenvalue weighted by Crippen LogP contribution is 2.23. The minimum atomic E-state index is -3.24. The van der Waals surface area contributed by atoms with Crippen LogP contribution in [0.25, 0.3) is 0 Å². The fourth-order valence-corrected chi connectivity index (χ4v) is 3.33. The van der Waals surface area contributed by atoms with Gasteiger partial charge in [-0.15, -0.1) is 0 Å². The molecule has 1 aromatic heterocycles. The van der Waals surface area contributed by atoms with Crippen molar-refractivity contribution in [1.29, 1.82) is 0 Å². The van der Waals surface area contributed by atoms with Gasteiger partial charge in [0.15, 0.2) is 0 Å². The first-order valence-electron chi connectivity index (χ1n) is 7.65. The quantitative estimate of drug-likeness (QED) is 0.826. The molecule has 124 valence electrons. The molecule has 0 radical (unpaired) electrons. The average molecular weight is 328 g/mol. The van der Waals surface area contributed by atoms with E-state index in [1.54, 1.807) is 6.20 Å². The van der Waals surface area contributed by atoms with Gasteiger partial charge in [0.05, 0.1) is 12.3 Å². The van der Waals surface area contributed by atoms with Crippen LogP contribution < -0.4 is 4.72 Å². The predicted octanol–water partition coefficient (Wildman–Crippen LogP) is 0.548. The number of nitrogens with zero attached hydrogens (tertiary/aromatic N) is 3. The number of nitrogens with one attached hydrogen (secondary N) is 1. The van der Waals surface area contributed by atoms with E-state index in [4.69, 9.17) is 0 Å². The van der Waals surface area contributed by atoms with Crippen molar-refractivity contribution in [3.05, 3.63) is 18.2 Å². The maximum absolute atomic E-state index is 12.2. The van der Waals surface area contributed by atoms with E-state index in [-0.39, 0.29) is 24.9 Å². The zero-order valence-electron chi connectivity index (χ0n) is 13.2. The van der Waals surface area contributed by atoms with Gasteiger partial charge in [-0.1, -0.05) is 6.92 Å². The van der Waals surface area contributed by atoms with Crippen LogP contribution in [0.4, 0.5) is 0 Å². The molecule has 1 aliphatic rings. The summed E-state index contributed by atoms with van der Waals surface area (Å²) in [6.45, 7) is 3.64. The molecule has 22 heavy (non-hydrogen) atoms. The molecule has 1 unspecified atom stereocenters. The van der Waals surface area contributed by atoms with Crippen LogP contribution in [-0.2, 0) is 21.2 Å². The van der Waals surface area contributed by atoms with E-state index >= 15 is 0 Å². The molecule has 2 heterocycles. The van der Waals surface area contributed by atoms with Crippen molar-refractivity contribution < 1.29 is 13.2 Å². The number of aryl methyl sites for hydroxylation is 1. The number of hydrogen-bond donors (Lipinski definition) is 1. The number of sulfonamides is 1. The van der Waals surface area contributed by atoms with Crippen molar-refractivity contribution in [2.75, 3.05) is 25.9 Å². The second kappa shape index (κ2) is 7.23. The third kappa shape index (κ3) is 4.54. The predicted molar refractivity (Wildman–Crippen MR) is 83.9 cm³/mol. The van der Waals surface area contributed by atoms with Gasteiger partial charge < -0.3 is 9.47 Å². The van der Waals surface area contributed by atoms with Gasteiger partial charge in [-0.05, 0) is 12.8 Å². The molecule has 0 aliphatic carbocycles. The number of carbonyl (C=O) groups excluding carboxylic acids is 1. The van der Waals surface area contributed by atoms with E-state index in [0.29, 0.717) is 6.54 Å². The lowest BCUT2D eigenvalue weighted by Crippen LogP contribution is -2.42. The molecule has 0 aromatic carbocycles. The molecule has 1 saturated heterocycles. The summed E-state index contributed by atoms with van der Waals surface area (Å²) in [6.07, 6.45) is 7.93. The summed E-state index contributed by atoms with van der Waals surface area (Å²) in [5.74, 6) is 1.04. The number of amides is 1. The Labute approximate surface area is 131 Å². The Balaban J connectivity index is 1.91. The summed E-state index contributed by atoms with van der Waals surface area (Å²) in [4.78, 5) is 18.4. The number of piperidine rings is 1. The zero-order valence-corrected chi connectivity index (χ0v) is 14.0. The molecule has 7 nitrogen and oxygen atoms in total. The first-order chi connectivity index (χ1) is 10.4. The molecular weight excluding hydrogens is 304 g/mol. The maximum Gasteiger partial charge on any atom is 0.223 e. The van der Waals surface area contributed by atoms with Crippen molar-refractivity contribution >= 4 is 15.9 Å². The van der Waals surface area contributed by atoms with Crippen molar-refractivity contribution in [2.45, 2.75) is 38.6 Å². The highest BCUT2D eigenvalue weighted by molar-refractivity contribution is 7.88. The van der Waals surface area contributed by atoms with Gasteiger partial charge in [0.2, 0.25) is 15.9 Å². The Kier molecular flexibility index (Phi) is 5.57. The second-order valence-electron chi connectivity index (χ2n) is 5.66. The summed E-state index contributed by atoms with van der Waals surface area (Å²) in [5.41, 5.74) is 0. The number of aromatic nitrogens is 2. The number of likely N-dealkylation sites (tertiary alicyclic amines) is 1. The fourth-order valence-electron chi connectivity index (χ4n) is 2.86. The fraction of sp³-hybridized carbons (Fsp3) is 0.714. The third-order valence-corrected chi connectivity index (χ3v) is 4.64. The van der Waals surface area contributed by atoms with Crippen LogP contribution >= 0.6 is 0 Å². The molecule has 2 rings (SSSR count). The van der Waals surface area contributed by atoms with Crippen molar-refractivity contribution in [2.24, 2.45) is 0 Å². The topological polar surface area (TPSA) is 84.3 Å². The number of rotatable bonds is 6. The summed E-state index contributed by atoms with van der Waals surface area (Å²) in [7, 11) is -3.24. The Morgan fingerprint density at radius 1 is 1.50 bits per heavy atom. The minimum Gasteiger partial charge on any atom is -0.341 e. The van der Waals surface area contributed by atoms with Gasteiger partial charge in [-0.3, -0.25) is 4.79 Å². The molecular formula is C14H24N4O3S. The van der Waals surface area contributed by atoms with E-state index in [2.05, 4.69) is 21.2 Å². The summed E-state index contributed by atoms with van der Waals surface area (Å²) in [5, 5.41) is 0. The van der Waals surface area contributed by atoms with Gasteiger partial charge in [-0.2, -0.15) is 0 Å². The van der Waals surface area contributed by atoms with Crippen molar-refractivity contribution in [3.63, 3.8) is 0 Å². The zero-order chi connectivity index (χ0) is 16.2. The molecule has 1 aromatic rings. The molecule has 1 aliphatic heterocycles. The van der Waals surface area contributed by atoms with Crippen LogP contribution in [0.2, 0.25) is 0 Å². The van der Waals surface area contributed by atoms with Crippen LogP contribution in [0.1, 0.15) is 38.1 Å². The van der Waals surface area contributed by atoms with Gasteiger partial charge in [0.25, 0.3) is 0 Å². The van der Waals surface area contributed by atoms with Gasteiger partial charge in [0.1, 0.15) is 5.82 Å². The Morgan fingerprint density at radius 3 is 2.95 bits per heavy atom. The monoisotopic (exact) mass is 328 g/mol. The SMILES string of the molecule is CCc1nccn1C1CCCN(C(=O)CCNS(C)(=O)=O)C1. The summed E-state index contributed by atoms with van der Waals surface area (Å²) >= 11 is 0. The first-order valence-corrected chi connectivity index (χ1v) is 9.54. The number of hydrogen-bond acceptors (Lipinski definition) is 4. The summed E-state index contributed by atoms with van der Waals surface area (Å²) < 4.78 is 26.6. The molecule has 0 bridgehead atoms. The highest BCUT2D eigenvalue weighted by atomic mass is 32.2. The molecule has 1 atom stereocenters. The lowest BCUT2D eigenvalue weighted by atomic mass is 10.0. The Hall–Kier alpha value is -1.41. The molecule has 1 N–H and O–H groups in total. The van der Waals surface area contributed by atoms with Crippen LogP contribution in [0.15, 0.2) is 12.4 Å². The molecule has 0 spiro atoms. The van der Waals surface area contributed by atoms with Gasteiger partial charge >= 0.3 is 0 Å². The Morgan fingerprint density at radius 2 is 2.27 bits per heavy atom. The lowest BCUT2D eigenvalue weighted by molar-refractivity contribution is -0.132. The normalized spacial score (nSPS) is 19.4. The van der Waals surface area contributed by atoms with Crippen LogP contribution in [0, 0.1) is 0 Å². The Bertz CT molecular complexity index is 611. The van der Waals surface area contributed by atoms with Crippen LogP contribution in [0.3, 0.4) is 0 Å². The van der Waals surface area contributed by atoms with Gasteiger partial charge in [0, 0.05) is 44.9 Å². The number of imidazole rings is 1. The minimum absolute atomic E-state index is 0.000913. The second-order valence-corrected chi connectivity index (χ2v) is 7.49. The molecule has 8 heteroatoms. The van der Waals surface area contributed by atoms with Crippen molar-refractivity contribution in [3.8, 4) is 0 Å². The smallest absolute Gasteiger partial charge is 0.223 e. The largest absolute Gasteiger partial charge is 0.341 e. The van der Waals surface area contributed by atoms with E-state index in [0.717, 1.165) is 37.9 Å². The van der Waals surface area contributed by atoms with E-state index < -0.39 is 10.0 Å². The average Bonchev–Trinajstić information content (AvgIpc) is 2.94. The van der Waals surface area contributed by atoms with E-state index in [1.807, 2.05) is 11.1 Å². The lowest BCUT2D eigenvalue weighted by Gasteiger charge is -2.34. The number of carbonyl (C=O) groups is 1. The standard InChI is InChI=1S/C14H24N4O3S/c1-3-13-15-8-10-18(13)12-5-4-9-17(11-12)14(19)6-7-16-22(2,20)21/h8,10,12,16H,3-7,9,11H2,1-2H3. The highest BCUT2D eigenvalue weighted by Gasteiger charge is 2.25. The molecule has 0 saturated carbocycles. The molecule has 1 amide bonds. The van der Waals surface area contributed by atoms with Crippen LogP contribution in [0.5, 0.6) is 0 Å². The first kappa shape index (κ1) is 17.0. The van der Waals surface area contributed by atoms with E-state index in [9.17, 15) is 13.2 Å².